The van der Waals surface area contributed by atoms with Gasteiger partial charge in [0.1, 0.15) is 18.9 Å². The summed E-state index contributed by atoms with van der Waals surface area (Å²) in [6, 6.07) is 4.75. The van der Waals surface area contributed by atoms with Crippen molar-refractivity contribution in [1.29, 1.82) is 0 Å². The van der Waals surface area contributed by atoms with E-state index in [-0.39, 0.29) is 24.8 Å². The average Bonchev–Trinajstić information content (AvgIpc) is 3.17. The van der Waals surface area contributed by atoms with Gasteiger partial charge >= 0.3 is 6.18 Å². The van der Waals surface area contributed by atoms with Crippen LogP contribution in [-0.2, 0) is 11.0 Å². The molecule has 1 aromatic rings. The molecular formula is C18H25F3N4O2. The van der Waals surface area contributed by atoms with Gasteiger partial charge in [0.05, 0.1) is 12.1 Å². The standard InChI is InChI=1S/C18H25F3N4O2/c1-2-22-17(24-13-16(26)25-9-3-4-10-25)23-8-11-27-15-7-5-6-14(12-15)18(19,20)21/h5-7,12H,2-4,8-11,13H2,1H3,(H2,22,23,24). The molecule has 0 saturated carbocycles. The lowest BCUT2D eigenvalue weighted by molar-refractivity contribution is -0.137. The molecule has 0 bridgehead atoms. The number of likely N-dealkylation sites (tertiary alicyclic amines) is 1. The Kier molecular flexibility index (Phi) is 7.75. The topological polar surface area (TPSA) is 66.0 Å². The number of ether oxygens (including phenoxy) is 1. The largest absolute Gasteiger partial charge is 0.492 e. The summed E-state index contributed by atoms with van der Waals surface area (Å²) < 4.78 is 43.4. The zero-order valence-corrected chi connectivity index (χ0v) is 15.3. The number of carbonyl (C=O) groups is 1. The molecule has 1 fully saturated rings. The molecule has 0 spiro atoms. The normalized spacial score (nSPS) is 15.0. The van der Waals surface area contributed by atoms with E-state index < -0.39 is 11.7 Å². The van der Waals surface area contributed by atoms with Gasteiger partial charge in [-0.1, -0.05) is 6.07 Å². The second-order valence-corrected chi connectivity index (χ2v) is 6.08. The minimum Gasteiger partial charge on any atom is -0.492 e. The molecule has 0 atom stereocenters. The maximum absolute atomic E-state index is 12.7. The fourth-order valence-electron chi connectivity index (χ4n) is 2.66. The quantitative estimate of drug-likeness (QED) is 0.429. The van der Waals surface area contributed by atoms with E-state index in [1.807, 2.05) is 6.92 Å². The van der Waals surface area contributed by atoms with Crippen molar-refractivity contribution in [1.82, 2.24) is 15.5 Å². The molecule has 1 heterocycles. The first-order chi connectivity index (χ1) is 12.9. The van der Waals surface area contributed by atoms with Gasteiger partial charge in [-0.15, -0.1) is 0 Å². The molecule has 2 rings (SSSR count). The van der Waals surface area contributed by atoms with Crippen LogP contribution in [0.3, 0.4) is 0 Å². The minimum absolute atomic E-state index is 0.00933. The number of guanidine groups is 1. The molecule has 0 aromatic heterocycles. The van der Waals surface area contributed by atoms with Crippen molar-refractivity contribution in [3.8, 4) is 5.75 Å². The van der Waals surface area contributed by atoms with E-state index in [1.165, 1.54) is 12.1 Å². The van der Waals surface area contributed by atoms with Gasteiger partial charge in [-0.05, 0) is 38.0 Å². The summed E-state index contributed by atoms with van der Waals surface area (Å²) in [4.78, 5) is 18.1. The first-order valence-corrected chi connectivity index (χ1v) is 9.00. The van der Waals surface area contributed by atoms with E-state index in [9.17, 15) is 18.0 Å². The molecule has 1 aliphatic heterocycles. The van der Waals surface area contributed by atoms with Crippen molar-refractivity contribution >= 4 is 11.9 Å². The number of rotatable bonds is 7. The number of nitrogens with zero attached hydrogens (tertiary/aromatic N) is 2. The molecular weight excluding hydrogens is 361 g/mol. The molecule has 1 aromatic carbocycles. The molecule has 0 aliphatic carbocycles. The van der Waals surface area contributed by atoms with Crippen LogP contribution in [0.4, 0.5) is 13.2 Å². The van der Waals surface area contributed by atoms with Crippen molar-refractivity contribution in [2.75, 3.05) is 39.3 Å². The second kappa shape index (κ2) is 10.0. The van der Waals surface area contributed by atoms with Crippen molar-refractivity contribution in [3.05, 3.63) is 29.8 Å². The van der Waals surface area contributed by atoms with Gasteiger partial charge in [-0.3, -0.25) is 4.79 Å². The molecule has 1 amide bonds. The molecule has 0 unspecified atom stereocenters. The lowest BCUT2D eigenvalue weighted by atomic mass is 10.2. The molecule has 150 valence electrons. The highest BCUT2D eigenvalue weighted by Crippen LogP contribution is 2.31. The van der Waals surface area contributed by atoms with Crippen LogP contribution in [0.5, 0.6) is 5.75 Å². The van der Waals surface area contributed by atoms with Gasteiger partial charge in [0.25, 0.3) is 0 Å². The summed E-state index contributed by atoms with van der Waals surface area (Å²) in [6.45, 7) is 4.64. The Hall–Kier alpha value is -2.45. The molecule has 27 heavy (non-hydrogen) atoms. The number of nitrogens with one attached hydrogen (secondary N) is 2. The highest BCUT2D eigenvalue weighted by atomic mass is 19.4. The number of alkyl halides is 3. The number of hydrogen-bond acceptors (Lipinski definition) is 3. The average molecular weight is 386 g/mol. The summed E-state index contributed by atoms with van der Waals surface area (Å²) in [5.41, 5.74) is -0.747. The summed E-state index contributed by atoms with van der Waals surface area (Å²) in [7, 11) is 0. The first-order valence-electron chi connectivity index (χ1n) is 9.00. The lowest BCUT2D eigenvalue weighted by Gasteiger charge is -2.15. The van der Waals surface area contributed by atoms with E-state index in [4.69, 9.17) is 4.74 Å². The Labute approximate surface area is 156 Å². The highest BCUT2D eigenvalue weighted by molar-refractivity contribution is 5.85. The number of carbonyl (C=O) groups excluding carboxylic acids is 1. The Balaban J connectivity index is 1.78. The maximum Gasteiger partial charge on any atom is 0.416 e. The summed E-state index contributed by atoms with van der Waals surface area (Å²) in [5, 5.41) is 6.02. The molecule has 9 heteroatoms. The van der Waals surface area contributed by atoms with Crippen LogP contribution in [0.15, 0.2) is 29.3 Å². The Morgan fingerprint density at radius 3 is 2.67 bits per heavy atom. The van der Waals surface area contributed by atoms with Crippen LogP contribution >= 0.6 is 0 Å². The number of amides is 1. The smallest absolute Gasteiger partial charge is 0.416 e. The first kappa shape index (κ1) is 20.9. The second-order valence-electron chi connectivity index (χ2n) is 6.08. The fourth-order valence-corrected chi connectivity index (χ4v) is 2.66. The van der Waals surface area contributed by atoms with Crippen LogP contribution in [0.1, 0.15) is 25.3 Å². The van der Waals surface area contributed by atoms with Crippen molar-refractivity contribution in [3.63, 3.8) is 0 Å². The zero-order chi connectivity index (χ0) is 19.7. The number of hydrogen-bond donors (Lipinski definition) is 2. The van der Waals surface area contributed by atoms with Gasteiger partial charge in [0, 0.05) is 19.6 Å². The van der Waals surface area contributed by atoms with Gasteiger partial charge in [-0.25, -0.2) is 4.99 Å². The van der Waals surface area contributed by atoms with E-state index in [1.54, 1.807) is 4.90 Å². The van der Waals surface area contributed by atoms with Gasteiger partial charge < -0.3 is 20.3 Å². The third-order valence-electron chi connectivity index (χ3n) is 4.00. The van der Waals surface area contributed by atoms with Crippen molar-refractivity contribution in [2.24, 2.45) is 4.99 Å². The molecule has 6 nitrogen and oxygen atoms in total. The Morgan fingerprint density at radius 1 is 1.26 bits per heavy atom. The lowest BCUT2D eigenvalue weighted by Crippen LogP contribution is -2.40. The number of halogens is 3. The molecule has 1 aliphatic rings. The predicted octanol–water partition coefficient (Wildman–Crippen LogP) is 2.26. The Morgan fingerprint density at radius 2 is 2.00 bits per heavy atom. The van der Waals surface area contributed by atoms with E-state index in [2.05, 4.69) is 15.6 Å². The van der Waals surface area contributed by atoms with E-state index >= 15 is 0 Å². The summed E-state index contributed by atoms with van der Waals surface area (Å²) in [5.74, 6) is 0.611. The van der Waals surface area contributed by atoms with Crippen LogP contribution in [0, 0.1) is 0 Å². The van der Waals surface area contributed by atoms with E-state index in [0.29, 0.717) is 19.0 Å². The number of aliphatic imine (C=N–C) groups is 1. The zero-order valence-electron chi connectivity index (χ0n) is 15.3. The van der Waals surface area contributed by atoms with E-state index in [0.717, 1.165) is 38.1 Å². The van der Waals surface area contributed by atoms with Gasteiger partial charge in [-0.2, -0.15) is 13.2 Å². The monoisotopic (exact) mass is 386 g/mol. The SMILES string of the molecule is CCNC(=NCC(=O)N1CCCC1)NCCOc1cccc(C(F)(F)F)c1. The minimum atomic E-state index is -4.40. The summed E-state index contributed by atoms with van der Waals surface area (Å²) in [6.07, 6.45) is -2.34. The molecule has 1 saturated heterocycles. The number of benzene rings is 1. The van der Waals surface area contributed by atoms with Crippen LogP contribution in [0.25, 0.3) is 0 Å². The Bertz CT molecular complexity index is 644. The van der Waals surface area contributed by atoms with Crippen LogP contribution < -0.4 is 15.4 Å². The van der Waals surface area contributed by atoms with Crippen LogP contribution in [0.2, 0.25) is 0 Å². The van der Waals surface area contributed by atoms with Gasteiger partial charge in [0.2, 0.25) is 5.91 Å². The summed E-state index contributed by atoms with van der Waals surface area (Å²) >= 11 is 0. The molecule has 2 N–H and O–H groups in total. The van der Waals surface area contributed by atoms with Crippen molar-refractivity contribution < 1.29 is 22.7 Å². The third-order valence-corrected chi connectivity index (χ3v) is 4.00. The van der Waals surface area contributed by atoms with Crippen molar-refractivity contribution in [2.45, 2.75) is 25.9 Å². The molecule has 0 radical (unpaired) electrons. The fraction of sp³-hybridized carbons (Fsp3) is 0.556. The predicted molar refractivity (Wildman–Crippen MR) is 96.7 cm³/mol. The highest BCUT2D eigenvalue weighted by Gasteiger charge is 2.30. The van der Waals surface area contributed by atoms with Gasteiger partial charge in [0.15, 0.2) is 5.96 Å². The maximum atomic E-state index is 12.7. The van der Waals surface area contributed by atoms with Crippen LogP contribution in [-0.4, -0.2) is 56.1 Å². The third kappa shape index (κ3) is 6.99.